The molecule has 3 aliphatic rings. The topological polar surface area (TPSA) is 77.9 Å². The Kier molecular flexibility index (Phi) is 5.99. The Morgan fingerprint density at radius 3 is 2.21 bits per heavy atom. The van der Waals surface area contributed by atoms with Crippen LogP contribution in [-0.2, 0) is 20.2 Å². The average molecular weight is 434 g/mol. The van der Waals surface area contributed by atoms with Gasteiger partial charge >= 0.3 is 12.1 Å². The molecule has 2 heterocycles. The van der Waals surface area contributed by atoms with Crippen molar-refractivity contribution in [1.29, 1.82) is 0 Å². The lowest BCUT2D eigenvalue weighted by atomic mass is 9.70. The summed E-state index contributed by atoms with van der Waals surface area (Å²) in [5.41, 5.74) is 1.51. The second-order valence-corrected chi connectivity index (χ2v) is 10.1. The fourth-order valence-corrected chi connectivity index (χ4v) is 6.24. The van der Waals surface area contributed by atoms with Crippen LogP contribution in [0.2, 0.25) is 0 Å². The molecule has 1 aromatic carbocycles. The normalized spacial score (nSPS) is 28.3. The predicted octanol–water partition coefficient (Wildman–Crippen LogP) is 2.46. The van der Waals surface area contributed by atoms with Crippen LogP contribution in [0.25, 0.3) is 0 Å². The van der Waals surface area contributed by atoms with Crippen LogP contribution in [0.4, 0.5) is 13.2 Å². The summed E-state index contributed by atoms with van der Waals surface area (Å²) < 4.78 is 58.7. The highest BCUT2D eigenvalue weighted by molar-refractivity contribution is 7.90. The van der Waals surface area contributed by atoms with Crippen LogP contribution in [-0.4, -0.2) is 72.8 Å². The maximum Gasteiger partial charge on any atom is 0.490 e. The van der Waals surface area contributed by atoms with E-state index in [1.807, 2.05) is 0 Å². The van der Waals surface area contributed by atoms with Gasteiger partial charge in [-0.2, -0.15) is 13.2 Å². The van der Waals surface area contributed by atoms with E-state index in [0.29, 0.717) is 19.1 Å². The van der Waals surface area contributed by atoms with E-state index >= 15 is 0 Å². The molecule has 0 amide bonds. The fraction of sp³-hybridized carbons (Fsp3) is 0.632. The summed E-state index contributed by atoms with van der Waals surface area (Å²) in [6, 6.07) is 11.0. The van der Waals surface area contributed by atoms with Crippen LogP contribution >= 0.6 is 0 Å². The molecule has 4 rings (SSSR count). The molecular formula is C19H25F3N2O4S. The number of alkyl halides is 3. The molecule has 29 heavy (non-hydrogen) atoms. The van der Waals surface area contributed by atoms with E-state index in [1.54, 1.807) is 4.31 Å². The minimum absolute atomic E-state index is 0.0940. The van der Waals surface area contributed by atoms with E-state index in [9.17, 15) is 21.6 Å². The highest BCUT2D eigenvalue weighted by Crippen LogP contribution is 2.46. The number of hydrogen-bond acceptors (Lipinski definition) is 4. The van der Waals surface area contributed by atoms with Crippen LogP contribution < -0.4 is 0 Å². The number of sulfonamides is 1. The monoisotopic (exact) mass is 434 g/mol. The Morgan fingerprint density at radius 2 is 1.69 bits per heavy atom. The highest BCUT2D eigenvalue weighted by atomic mass is 32.2. The number of hydrogen-bond donors (Lipinski definition) is 1. The van der Waals surface area contributed by atoms with Crippen molar-refractivity contribution in [2.45, 2.75) is 48.6 Å². The lowest BCUT2D eigenvalue weighted by Crippen LogP contribution is -2.56. The summed E-state index contributed by atoms with van der Waals surface area (Å²) in [6.45, 7) is 2.39. The zero-order valence-corrected chi connectivity index (χ0v) is 16.9. The number of carboxylic acids is 1. The van der Waals surface area contributed by atoms with Gasteiger partial charge in [0.05, 0.1) is 5.25 Å². The minimum Gasteiger partial charge on any atom is -0.475 e. The number of likely N-dealkylation sites (N-methyl/N-ethyl adjacent to an activating group) is 1. The molecule has 2 unspecified atom stereocenters. The molecule has 6 nitrogen and oxygen atoms in total. The number of rotatable bonds is 3. The van der Waals surface area contributed by atoms with Gasteiger partial charge in [0.15, 0.2) is 0 Å². The third-order valence-corrected chi connectivity index (χ3v) is 8.53. The van der Waals surface area contributed by atoms with Gasteiger partial charge in [0, 0.05) is 24.5 Å². The number of carboxylic acid groups (broad SMARTS) is 1. The number of carbonyl (C=O) groups is 1. The Bertz CT molecular complexity index is 843. The van der Waals surface area contributed by atoms with Gasteiger partial charge in [-0.15, -0.1) is 0 Å². The predicted molar refractivity (Wildman–Crippen MR) is 101 cm³/mol. The molecule has 0 aromatic heterocycles. The summed E-state index contributed by atoms with van der Waals surface area (Å²) in [6.07, 6.45) is -1.31. The van der Waals surface area contributed by atoms with Gasteiger partial charge in [0.1, 0.15) is 0 Å². The second-order valence-electron chi connectivity index (χ2n) is 7.92. The largest absolute Gasteiger partial charge is 0.490 e. The summed E-state index contributed by atoms with van der Waals surface area (Å²) in [4.78, 5) is 11.3. The Balaban J connectivity index is 0.000000298. The molecule has 1 aliphatic carbocycles. The van der Waals surface area contributed by atoms with Crippen LogP contribution in [0.15, 0.2) is 30.3 Å². The zero-order chi connectivity index (χ0) is 21.4. The minimum atomic E-state index is -5.08. The van der Waals surface area contributed by atoms with E-state index in [4.69, 9.17) is 9.90 Å². The number of halogens is 3. The lowest BCUT2D eigenvalue weighted by molar-refractivity contribution is -0.192. The van der Waals surface area contributed by atoms with Crippen molar-refractivity contribution in [3.05, 3.63) is 35.9 Å². The number of benzene rings is 1. The van der Waals surface area contributed by atoms with Crippen molar-refractivity contribution in [3.63, 3.8) is 0 Å². The van der Waals surface area contributed by atoms with Gasteiger partial charge in [-0.1, -0.05) is 30.3 Å². The second kappa shape index (κ2) is 7.88. The van der Waals surface area contributed by atoms with Crippen molar-refractivity contribution in [2.24, 2.45) is 0 Å². The van der Waals surface area contributed by atoms with Gasteiger partial charge in [0.25, 0.3) is 0 Å². The average Bonchev–Trinajstić information content (AvgIpc) is 3.48. The van der Waals surface area contributed by atoms with Gasteiger partial charge in [-0.25, -0.2) is 17.5 Å². The molecule has 2 aliphatic heterocycles. The molecule has 1 N–H and O–H groups in total. The van der Waals surface area contributed by atoms with Crippen molar-refractivity contribution >= 4 is 16.0 Å². The summed E-state index contributed by atoms with van der Waals surface area (Å²) in [7, 11) is -0.912. The van der Waals surface area contributed by atoms with Gasteiger partial charge < -0.3 is 10.0 Å². The first kappa shape index (κ1) is 22.0. The smallest absolute Gasteiger partial charge is 0.475 e. The Hall–Kier alpha value is -1.65. The molecule has 162 valence electrons. The van der Waals surface area contributed by atoms with Crippen LogP contribution in [0.3, 0.4) is 0 Å². The summed E-state index contributed by atoms with van der Waals surface area (Å²) in [5, 5.41) is 7.03. The standard InChI is InChI=1S/C17H24N2O2S.C2HF3O2/c1-18-11-9-17(14-5-3-2-4-6-14)10-12-19(13-16(17)18)22(20,21)15-7-8-15;3-2(4,5)1(6)7/h2-6,15-16H,7-13H2,1H3;(H,6,7). The van der Waals surface area contributed by atoms with Crippen LogP contribution in [0, 0.1) is 0 Å². The number of nitrogens with zero attached hydrogens (tertiary/aromatic N) is 2. The van der Waals surface area contributed by atoms with Crippen LogP contribution in [0.1, 0.15) is 31.2 Å². The first-order chi connectivity index (χ1) is 13.5. The third-order valence-electron chi connectivity index (χ3n) is 6.16. The Morgan fingerprint density at radius 1 is 1.14 bits per heavy atom. The molecular weight excluding hydrogens is 409 g/mol. The van der Waals surface area contributed by atoms with E-state index in [2.05, 4.69) is 42.3 Å². The van der Waals surface area contributed by atoms with E-state index in [0.717, 1.165) is 32.2 Å². The van der Waals surface area contributed by atoms with Gasteiger partial charge in [0.2, 0.25) is 10.0 Å². The maximum atomic E-state index is 12.6. The van der Waals surface area contributed by atoms with Gasteiger partial charge in [-0.05, 0) is 44.8 Å². The quantitative estimate of drug-likeness (QED) is 0.791. The number of likely N-dealkylation sites (tertiary alicyclic amines) is 1. The SMILES string of the molecule is CN1CCC2(c3ccccc3)CCN(S(=O)(=O)C3CC3)CC12.O=C(O)C(F)(F)F. The molecule has 2 saturated heterocycles. The van der Waals surface area contributed by atoms with Gasteiger partial charge in [-0.3, -0.25) is 0 Å². The van der Waals surface area contributed by atoms with Crippen molar-refractivity contribution in [3.8, 4) is 0 Å². The lowest BCUT2D eigenvalue weighted by Gasteiger charge is -2.45. The first-order valence-electron chi connectivity index (χ1n) is 9.53. The number of aliphatic carboxylic acids is 1. The number of piperidine rings is 1. The van der Waals surface area contributed by atoms with Crippen molar-refractivity contribution in [1.82, 2.24) is 9.21 Å². The van der Waals surface area contributed by atoms with E-state index < -0.39 is 22.2 Å². The summed E-state index contributed by atoms with van der Waals surface area (Å²) >= 11 is 0. The van der Waals surface area contributed by atoms with Crippen molar-refractivity contribution in [2.75, 3.05) is 26.7 Å². The van der Waals surface area contributed by atoms with E-state index in [1.165, 1.54) is 5.56 Å². The molecule has 0 radical (unpaired) electrons. The molecule has 2 atom stereocenters. The summed E-state index contributed by atoms with van der Waals surface area (Å²) in [5.74, 6) is -2.76. The third kappa shape index (κ3) is 4.44. The number of fused-ring (bicyclic) bond motifs is 1. The molecule has 3 fully saturated rings. The van der Waals surface area contributed by atoms with E-state index in [-0.39, 0.29) is 10.7 Å². The molecule has 1 saturated carbocycles. The maximum absolute atomic E-state index is 12.6. The fourth-order valence-electron chi connectivity index (χ4n) is 4.39. The zero-order valence-electron chi connectivity index (χ0n) is 16.1. The van der Waals surface area contributed by atoms with Crippen LogP contribution in [0.5, 0.6) is 0 Å². The molecule has 0 bridgehead atoms. The molecule has 1 aromatic rings. The molecule has 0 spiro atoms. The first-order valence-corrected chi connectivity index (χ1v) is 11.0. The Labute approximate surface area is 168 Å². The molecule has 10 heteroatoms. The highest BCUT2D eigenvalue weighted by Gasteiger charge is 2.53. The van der Waals surface area contributed by atoms with Crippen molar-refractivity contribution < 1.29 is 31.5 Å².